The van der Waals surface area contributed by atoms with Crippen LogP contribution in [0.3, 0.4) is 0 Å². The molecule has 0 aromatic carbocycles. The van der Waals surface area contributed by atoms with Gasteiger partial charge < -0.3 is 0 Å². The molecular weight excluding hydrogens is 216 g/mol. The van der Waals surface area contributed by atoms with E-state index in [4.69, 9.17) is 0 Å². The Labute approximate surface area is 114 Å². The second-order valence-electron chi connectivity index (χ2n) is 8.79. The van der Waals surface area contributed by atoms with Crippen LogP contribution in [0.4, 0.5) is 0 Å². The summed E-state index contributed by atoms with van der Waals surface area (Å²) in [7, 11) is 0. The van der Waals surface area contributed by atoms with E-state index in [1.54, 1.807) is 0 Å². The van der Waals surface area contributed by atoms with E-state index in [9.17, 15) is 0 Å². The molecule has 2 bridgehead atoms. The van der Waals surface area contributed by atoms with Crippen molar-refractivity contribution < 1.29 is 0 Å². The minimum absolute atomic E-state index is 0.640. The lowest BCUT2D eigenvalue weighted by atomic mass is 9.56. The van der Waals surface area contributed by atoms with Crippen LogP contribution < -0.4 is 0 Å². The average Bonchev–Trinajstić information content (AvgIpc) is 2.51. The van der Waals surface area contributed by atoms with Crippen LogP contribution in [0.25, 0.3) is 0 Å². The lowest BCUT2D eigenvalue weighted by Crippen LogP contribution is -2.40. The summed E-state index contributed by atoms with van der Waals surface area (Å²) in [6, 6.07) is 0. The molecule has 5 atom stereocenters. The van der Waals surface area contributed by atoms with Crippen LogP contribution in [0.1, 0.15) is 85.5 Å². The Kier molecular flexibility index (Phi) is 2.89. The van der Waals surface area contributed by atoms with E-state index in [1.807, 2.05) is 0 Å². The molecule has 3 aliphatic rings. The van der Waals surface area contributed by atoms with E-state index < -0.39 is 0 Å². The molecule has 0 heterocycles. The van der Waals surface area contributed by atoms with Gasteiger partial charge in [-0.3, -0.25) is 0 Å². The van der Waals surface area contributed by atoms with Crippen LogP contribution in [0.5, 0.6) is 0 Å². The maximum Gasteiger partial charge on any atom is -0.0238 e. The summed E-state index contributed by atoms with van der Waals surface area (Å²) < 4.78 is 0. The van der Waals surface area contributed by atoms with Crippen LogP contribution in [0.2, 0.25) is 0 Å². The fourth-order valence-corrected chi connectivity index (χ4v) is 6.31. The van der Waals surface area contributed by atoms with Crippen molar-refractivity contribution in [3.8, 4) is 0 Å². The van der Waals surface area contributed by atoms with Crippen LogP contribution in [0, 0.1) is 28.1 Å². The first-order chi connectivity index (χ1) is 8.40. The Morgan fingerprint density at radius 3 is 2.33 bits per heavy atom. The van der Waals surface area contributed by atoms with Gasteiger partial charge in [-0.25, -0.2) is 0 Å². The number of hydrogen-bond acceptors (Lipinski definition) is 0. The smallest absolute Gasteiger partial charge is 0.0238 e. The first-order valence-electron chi connectivity index (χ1n) is 8.40. The van der Waals surface area contributed by atoms with Crippen molar-refractivity contribution in [1.29, 1.82) is 0 Å². The van der Waals surface area contributed by atoms with Crippen molar-refractivity contribution >= 4 is 0 Å². The van der Waals surface area contributed by atoms with Crippen molar-refractivity contribution in [3.63, 3.8) is 0 Å². The highest BCUT2D eigenvalue weighted by molar-refractivity contribution is 5.12. The summed E-state index contributed by atoms with van der Waals surface area (Å²) in [5, 5.41) is 0. The second kappa shape index (κ2) is 4.00. The maximum absolute atomic E-state index is 2.66. The van der Waals surface area contributed by atoms with Gasteiger partial charge in [0.05, 0.1) is 0 Å². The largest absolute Gasteiger partial charge is 0.0625 e. The van der Waals surface area contributed by atoms with Crippen LogP contribution in [-0.2, 0) is 0 Å². The molecule has 18 heavy (non-hydrogen) atoms. The van der Waals surface area contributed by atoms with Crippen molar-refractivity contribution in [1.82, 2.24) is 0 Å². The zero-order valence-corrected chi connectivity index (χ0v) is 13.0. The molecule has 104 valence electrons. The summed E-state index contributed by atoms with van der Waals surface area (Å²) in [5.41, 5.74) is 1.96. The van der Waals surface area contributed by atoms with E-state index in [0.29, 0.717) is 16.2 Å². The molecule has 0 aliphatic heterocycles. The lowest BCUT2D eigenvalue weighted by Gasteiger charge is -2.48. The second-order valence-corrected chi connectivity index (χ2v) is 8.79. The van der Waals surface area contributed by atoms with Crippen LogP contribution >= 0.6 is 0 Å². The number of rotatable bonds is 0. The van der Waals surface area contributed by atoms with Gasteiger partial charge in [-0.1, -0.05) is 53.4 Å². The van der Waals surface area contributed by atoms with Crippen LogP contribution in [-0.4, -0.2) is 0 Å². The van der Waals surface area contributed by atoms with Gasteiger partial charge in [-0.2, -0.15) is 0 Å². The summed E-state index contributed by atoms with van der Waals surface area (Å²) in [6.07, 6.45) is 13.5. The highest BCUT2D eigenvalue weighted by Crippen LogP contribution is 2.72. The Balaban J connectivity index is 2.01. The van der Waals surface area contributed by atoms with E-state index in [0.717, 1.165) is 11.8 Å². The van der Waals surface area contributed by atoms with Crippen molar-refractivity contribution in [2.75, 3.05) is 0 Å². The van der Waals surface area contributed by atoms with Gasteiger partial charge in [0.1, 0.15) is 0 Å². The van der Waals surface area contributed by atoms with Gasteiger partial charge >= 0.3 is 0 Å². The minimum atomic E-state index is 0.640. The van der Waals surface area contributed by atoms with Gasteiger partial charge in [0.2, 0.25) is 0 Å². The van der Waals surface area contributed by atoms with Gasteiger partial charge in [-0.05, 0) is 60.2 Å². The third kappa shape index (κ3) is 1.63. The van der Waals surface area contributed by atoms with Gasteiger partial charge in [0.15, 0.2) is 0 Å². The molecule has 0 amide bonds. The predicted octanol–water partition coefficient (Wildman–Crippen LogP) is 5.81. The molecule has 3 fully saturated rings. The Hall–Kier alpha value is 0. The van der Waals surface area contributed by atoms with Crippen molar-refractivity contribution in [3.05, 3.63) is 0 Å². The fourth-order valence-electron chi connectivity index (χ4n) is 6.31. The molecule has 0 N–H and O–H groups in total. The van der Waals surface area contributed by atoms with Crippen molar-refractivity contribution in [2.24, 2.45) is 28.1 Å². The SMILES string of the molecule is CC1CCC2(C)CC(C)(CC1)C1(C)CCCCC21. The molecule has 3 saturated carbocycles. The summed E-state index contributed by atoms with van der Waals surface area (Å²) >= 11 is 0. The van der Waals surface area contributed by atoms with Gasteiger partial charge in [0, 0.05) is 0 Å². The fraction of sp³-hybridized carbons (Fsp3) is 1.00. The zero-order chi connectivity index (χ0) is 13.0. The lowest BCUT2D eigenvalue weighted by molar-refractivity contribution is 0.00920. The summed E-state index contributed by atoms with van der Waals surface area (Å²) in [6.45, 7) is 10.4. The molecule has 5 unspecified atom stereocenters. The predicted molar refractivity (Wildman–Crippen MR) is 78.5 cm³/mol. The quantitative estimate of drug-likeness (QED) is 0.507. The number of hydrogen-bond donors (Lipinski definition) is 0. The van der Waals surface area contributed by atoms with E-state index in [-0.39, 0.29) is 0 Å². The molecule has 3 rings (SSSR count). The zero-order valence-electron chi connectivity index (χ0n) is 13.0. The Morgan fingerprint density at radius 2 is 1.56 bits per heavy atom. The highest BCUT2D eigenvalue weighted by Gasteiger charge is 2.63. The van der Waals surface area contributed by atoms with Crippen molar-refractivity contribution in [2.45, 2.75) is 85.5 Å². The molecule has 0 heteroatoms. The normalized spacial score (nSPS) is 56.7. The molecule has 0 nitrogen and oxygen atoms in total. The molecular formula is C18H32. The average molecular weight is 248 g/mol. The first kappa shape index (κ1) is 13.0. The topological polar surface area (TPSA) is 0 Å². The molecule has 0 aromatic rings. The van der Waals surface area contributed by atoms with E-state index in [1.165, 1.54) is 57.8 Å². The third-order valence-electron chi connectivity index (χ3n) is 7.62. The van der Waals surface area contributed by atoms with Gasteiger partial charge in [-0.15, -0.1) is 0 Å². The van der Waals surface area contributed by atoms with E-state index in [2.05, 4.69) is 27.7 Å². The van der Waals surface area contributed by atoms with E-state index >= 15 is 0 Å². The molecule has 0 aromatic heterocycles. The standard InChI is InChI=1S/C18H32/c1-14-8-11-16(2)13-17(3,12-9-14)18(4)10-6-5-7-15(16)18/h14-15H,5-13H2,1-4H3. The maximum atomic E-state index is 2.66. The highest BCUT2D eigenvalue weighted by atomic mass is 14.7. The molecule has 0 spiro atoms. The molecule has 3 aliphatic carbocycles. The first-order valence-corrected chi connectivity index (χ1v) is 8.40. The van der Waals surface area contributed by atoms with Crippen LogP contribution in [0.15, 0.2) is 0 Å². The third-order valence-corrected chi connectivity index (χ3v) is 7.62. The molecule has 0 saturated heterocycles. The number of fused-ring (bicyclic) bond motifs is 5. The summed E-state index contributed by atoms with van der Waals surface area (Å²) in [4.78, 5) is 0. The minimum Gasteiger partial charge on any atom is -0.0625 e. The molecule has 0 radical (unpaired) electrons. The van der Waals surface area contributed by atoms with Gasteiger partial charge in [0.25, 0.3) is 0 Å². The summed E-state index contributed by atoms with van der Waals surface area (Å²) in [5.74, 6) is 1.99. The Bertz CT molecular complexity index is 333. The Morgan fingerprint density at radius 1 is 0.833 bits per heavy atom. The monoisotopic (exact) mass is 248 g/mol.